The third-order valence-electron chi connectivity index (χ3n) is 2.75. The van der Waals surface area contributed by atoms with Gasteiger partial charge in [-0.2, -0.15) is 0 Å². The zero-order valence-corrected chi connectivity index (χ0v) is 10.2. The Kier molecular flexibility index (Phi) is 4.53. The molecule has 6 nitrogen and oxygen atoms in total. The van der Waals surface area contributed by atoms with Crippen LogP contribution in [0.5, 0.6) is 0 Å². The van der Waals surface area contributed by atoms with E-state index in [4.69, 9.17) is 0 Å². The summed E-state index contributed by atoms with van der Waals surface area (Å²) in [4.78, 5) is 32.2. The molecule has 1 N–H and O–H groups in total. The minimum atomic E-state index is -0.476. The molecule has 0 aliphatic rings. The van der Waals surface area contributed by atoms with Crippen LogP contribution in [0.15, 0.2) is 12.1 Å². The lowest BCUT2D eigenvalue weighted by Crippen LogP contribution is -2.25. The maximum atomic E-state index is 11.8. The molecule has 1 aromatic carbocycles. The number of rotatable bonds is 5. The molecule has 0 spiro atoms. The van der Waals surface area contributed by atoms with Gasteiger partial charge in [0.2, 0.25) is 0 Å². The quantitative estimate of drug-likeness (QED) is 0.371. The Morgan fingerprint density at radius 1 is 1.39 bits per heavy atom. The second-order valence-electron chi connectivity index (χ2n) is 3.85. The normalized spacial score (nSPS) is 9.89. The molecule has 1 rings (SSSR count). The summed E-state index contributed by atoms with van der Waals surface area (Å²) in [5, 5.41) is 13.3. The fraction of sp³-hybridized carbons (Fsp3) is 0.333. The number of carbonyl (C=O) groups excluding carboxylic acids is 2. The molecular weight excluding hydrogens is 236 g/mol. The molecule has 0 unspecified atom stereocenters. The molecule has 18 heavy (non-hydrogen) atoms. The highest BCUT2D eigenvalue weighted by Gasteiger charge is 2.17. The standard InChI is InChI=1S/C12H14N2O4/c1-8-9(2)11(14(17)18)5-4-10(8)12(16)13-6-3-7-15/h4-5,7H,3,6H2,1-2H3,(H,13,16). The lowest BCUT2D eigenvalue weighted by Gasteiger charge is -2.09. The van der Waals surface area contributed by atoms with E-state index in [1.807, 2.05) is 0 Å². The Morgan fingerprint density at radius 3 is 2.61 bits per heavy atom. The van der Waals surface area contributed by atoms with E-state index in [1.54, 1.807) is 13.8 Å². The molecule has 0 saturated heterocycles. The predicted molar refractivity (Wildman–Crippen MR) is 65.6 cm³/mol. The number of aldehydes is 1. The third-order valence-corrected chi connectivity index (χ3v) is 2.75. The lowest BCUT2D eigenvalue weighted by atomic mass is 10.0. The number of nitrogens with zero attached hydrogens (tertiary/aromatic N) is 1. The van der Waals surface area contributed by atoms with E-state index in [0.717, 1.165) is 0 Å². The molecule has 0 aliphatic carbocycles. The van der Waals surface area contributed by atoms with Gasteiger partial charge in [0.1, 0.15) is 6.29 Å². The molecule has 1 amide bonds. The van der Waals surface area contributed by atoms with Crippen LogP contribution in [0.3, 0.4) is 0 Å². The van der Waals surface area contributed by atoms with Crippen molar-refractivity contribution >= 4 is 17.9 Å². The first-order valence-electron chi connectivity index (χ1n) is 5.45. The maximum Gasteiger partial charge on any atom is 0.272 e. The maximum absolute atomic E-state index is 11.8. The molecule has 0 heterocycles. The van der Waals surface area contributed by atoms with Crippen LogP contribution in [0.2, 0.25) is 0 Å². The first-order valence-corrected chi connectivity index (χ1v) is 5.45. The van der Waals surface area contributed by atoms with Crippen molar-refractivity contribution in [2.24, 2.45) is 0 Å². The summed E-state index contributed by atoms with van der Waals surface area (Å²) in [5.74, 6) is -0.327. The highest BCUT2D eigenvalue weighted by molar-refractivity contribution is 5.96. The molecule has 6 heteroatoms. The van der Waals surface area contributed by atoms with Crippen LogP contribution in [0.25, 0.3) is 0 Å². The molecule has 1 aromatic rings. The lowest BCUT2D eigenvalue weighted by molar-refractivity contribution is -0.385. The fourth-order valence-corrected chi connectivity index (χ4v) is 1.59. The van der Waals surface area contributed by atoms with Crippen LogP contribution in [0, 0.1) is 24.0 Å². The first kappa shape index (κ1) is 13.8. The van der Waals surface area contributed by atoms with Crippen LogP contribution in [-0.4, -0.2) is 23.7 Å². The van der Waals surface area contributed by atoms with Gasteiger partial charge in [-0.15, -0.1) is 0 Å². The van der Waals surface area contributed by atoms with Crippen molar-refractivity contribution in [3.05, 3.63) is 38.9 Å². The highest BCUT2D eigenvalue weighted by atomic mass is 16.6. The van der Waals surface area contributed by atoms with Gasteiger partial charge in [0.15, 0.2) is 0 Å². The highest BCUT2D eigenvalue weighted by Crippen LogP contribution is 2.23. The average molecular weight is 250 g/mol. The van der Waals surface area contributed by atoms with E-state index in [0.29, 0.717) is 23.0 Å². The van der Waals surface area contributed by atoms with Gasteiger partial charge in [-0.3, -0.25) is 14.9 Å². The van der Waals surface area contributed by atoms with Crippen molar-refractivity contribution in [2.75, 3.05) is 6.54 Å². The van der Waals surface area contributed by atoms with Crippen LogP contribution in [0.1, 0.15) is 27.9 Å². The van der Waals surface area contributed by atoms with Gasteiger partial charge in [0.25, 0.3) is 11.6 Å². The second-order valence-corrected chi connectivity index (χ2v) is 3.85. The van der Waals surface area contributed by atoms with Gasteiger partial charge < -0.3 is 10.1 Å². The zero-order valence-electron chi connectivity index (χ0n) is 10.2. The minimum absolute atomic E-state index is 0.00283. The number of amides is 1. The summed E-state index contributed by atoms with van der Waals surface area (Å²) in [7, 11) is 0. The number of hydrogen-bond donors (Lipinski definition) is 1. The summed E-state index contributed by atoms with van der Waals surface area (Å²) in [6.45, 7) is 3.53. The zero-order chi connectivity index (χ0) is 13.7. The van der Waals surface area contributed by atoms with E-state index >= 15 is 0 Å². The topological polar surface area (TPSA) is 89.3 Å². The Hall–Kier alpha value is -2.24. The van der Waals surface area contributed by atoms with Gasteiger partial charge in [-0.1, -0.05) is 0 Å². The van der Waals surface area contributed by atoms with Crippen molar-refractivity contribution in [3.63, 3.8) is 0 Å². The van der Waals surface area contributed by atoms with Crippen molar-refractivity contribution in [3.8, 4) is 0 Å². The Balaban J connectivity index is 2.98. The Labute approximate surface area is 104 Å². The molecule has 0 aliphatic heterocycles. The molecule has 0 aromatic heterocycles. The van der Waals surface area contributed by atoms with E-state index in [2.05, 4.69) is 5.32 Å². The summed E-state index contributed by atoms with van der Waals surface area (Å²) < 4.78 is 0. The summed E-state index contributed by atoms with van der Waals surface area (Å²) in [5.41, 5.74) is 1.44. The SMILES string of the molecule is Cc1c(C(=O)NCCC=O)ccc([N+](=O)[O-])c1C. The smallest absolute Gasteiger partial charge is 0.272 e. The van der Waals surface area contributed by atoms with E-state index in [1.165, 1.54) is 12.1 Å². The van der Waals surface area contributed by atoms with Gasteiger partial charge >= 0.3 is 0 Å². The Morgan fingerprint density at radius 2 is 2.06 bits per heavy atom. The number of nitro groups is 1. The fourth-order valence-electron chi connectivity index (χ4n) is 1.59. The third kappa shape index (κ3) is 2.91. The van der Waals surface area contributed by atoms with Crippen molar-refractivity contribution < 1.29 is 14.5 Å². The second kappa shape index (κ2) is 5.90. The van der Waals surface area contributed by atoms with E-state index in [-0.39, 0.29) is 24.6 Å². The van der Waals surface area contributed by atoms with Gasteiger partial charge in [0.05, 0.1) is 4.92 Å². The molecule has 0 radical (unpaired) electrons. The van der Waals surface area contributed by atoms with Gasteiger partial charge in [-0.25, -0.2) is 0 Å². The van der Waals surface area contributed by atoms with Crippen molar-refractivity contribution in [1.29, 1.82) is 0 Å². The average Bonchev–Trinajstić information content (AvgIpc) is 2.32. The number of benzene rings is 1. The summed E-state index contributed by atoms with van der Waals surface area (Å²) >= 11 is 0. The first-order chi connectivity index (χ1) is 8.49. The minimum Gasteiger partial charge on any atom is -0.352 e. The molecule has 96 valence electrons. The Bertz CT molecular complexity index is 497. The largest absolute Gasteiger partial charge is 0.352 e. The van der Waals surface area contributed by atoms with Crippen molar-refractivity contribution in [1.82, 2.24) is 5.32 Å². The van der Waals surface area contributed by atoms with Crippen molar-refractivity contribution in [2.45, 2.75) is 20.3 Å². The van der Waals surface area contributed by atoms with Crippen LogP contribution in [-0.2, 0) is 4.79 Å². The molecule has 0 saturated carbocycles. The summed E-state index contributed by atoms with van der Waals surface area (Å²) in [6, 6.07) is 2.74. The monoisotopic (exact) mass is 250 g/mol. The van der Waals surface area contributed by atoms with Gasteiger partial charge in [-0.05, 0) is 25.5 Å². The summed E-state index contributed by atoms with van der Waals surface area (Å²) in [6.07, 6.45) is 0.963. The van der Waals surface area contributed by atoms with Gasteiger partial charge in [0, 0.05) is 30.2 Å². The number of nitro benzene ring substituents is 1. The van der Waals surface area contributed by atoms with E-state index < -0.39 is 4.92 Å². The number of nitrogens with one attached hydrogen (secondary N) is 1. The number of carbonyl (C=O) groups is 2. The number of hydrogen-bond acceptors (Lipinski definition) is 4. The molecule has 0 atom stereocenters. The predicted octanol–water partition coefficient (Wildman–Crippen LogP) is 1.53. The molecule has 0 bridgehead atoms. The van der Waals surface area contributed by atoms with E-state index in [9.17, 15) is 19.7 Å². The van der Waals surface area contributed by atoms with Crippen LogP contribution >= 0.6 is 0 Å². The van der Waals surface area contributed by atoms with Crippen LogP contribution < -0.4 is 5.32 Å². The molecular formula is C12H14N2O4. The molecule has 0 fully saturated rings. The van der Waals surface area contributed by atoms with Crippen LogP contribution in [0.4, 0.5) is 5.69 Å².